The molecule has 0 amide bonds. The molecule has 0 aliphatic heterocycles. The number of ether oxygens (including phenoxy) is 1. The number of pyridine rings is 2. The molecule has 0 saturated heterocycles. The number of carbonyl (C=O) groups excluding carboxylic acids is 1. The maximum absolute atomic E-state index is 13.1. The zero-order valence-corrected chi connectivity index (χ0v) is 15.6. The third kappa shape index (κ3) is 4.01. The summed E-state index contributed by atoms with van der Waals surface area (Å²) >= 11 is 6.09. The van der Waals surface area contributed by atoms with E-state index in [1.165, 1.54) is 6.20 Å². The molecule has 3 rings (SSSR count). The van der Waals surface area contributed by atoms with Gasteiger partial charge in [-0.05, 0) is 44.2 Å². The number of anilines is 2. The Morgan fingerprint density at radius 1 is 1.25 bits per heavy atom. The first-order valence-electron chi connectivity index (χ1n) is 8.28. The van der Waals surface area contributed by atoms with Crippen LogP contribution in [0.4, 0.5) is 24.5 Å². The van der Waals surface area contributed by atoms with E-state index in [4.69, 9.17) is 16.3 Å². The normalized spacial score (nSPS) is 11.5. The van der Waals surface area contributed by atoms with Crippen molar-refractivity contribution in [2.24, 2.45) is 0 Å². The van der Waals surface area contributed by atoms with Crippen molar-refractivity contribution in [3.05, 3.63) is 58.4 Å². The summed E-state index contributed by atoms with van der Waals surface area (Å²) < 4.78 is 44.3. The van der Waals surface area contributed by atoms with E-state index in [-0.39, 0.29) is 28.6 Å². The van der Waals surface area contributed by atoms with Crippen LogP contribution in [-0.2, 0) is 10.9 Å². The Hall–Kier alpha value is -2.87. The van der Waals surface area contributed by atoms with Gasteiger partial charge in [-0.1, -0.05) is 11.6 Å². The van der Waals surface area contributed by atoms with Gasteiger partial charge < -0.3 is 10.1 Å². The number of hydrogen-bond acceptors (Lipinski definition) is 5. The van der Waals surface area contributed by atoms with Gasteiger partial charge in [-0.2, -0.15) is 13.2 Å². The zero-order valence-electron chi connectivity index (χ0n) is 14.9. The molecule has 2 aromatic heterocycles. The first-order valence-corrected chi connectivity index (χ1v) is 8.65. The van der Waals surface area contributed by atoms with Crippen molar-refractivity contribution in [2.75, 3.05) is 11.9 Å². The van der Waals surface area contributed by atoms with Gasteiger partial charge in [-0.15, -0.1) is 0 Å². The Labute approximate surface area is 163 Å². The van der Waals surface area contributed by atoms with Crippen LogP contribution in [0.3, 0.4) is 0 Å². The summed E-state index contributed by atoms with van der Waals surface area (Å²) in [5, 5.41) is 3.35. The molecule has 0 aliphatic rings. The van der Waals surface area contributed by atoms with E-state index in [9.17, 15) is 18.0 Å². The Balaban J connectivity index is 2.18. The number of alkyl halides is 3. The SMILES string of the molecule is CCOC(=O)c1cnc2nc(C)ccc2c1Nc1cc(C(F)(F)F)ccc1Cl. The fourth-order valence-electron chi connectivity index (χ4n) is 2.60. The zero-order chi connectivity index (χ0) is 20.5. The summed E-state index contributed by atoms with van der Waals surface area (Å²) in [5.74, 6) is -0.664. The smallest absolute Gasteiger partial charge is 0.416 e. The quantitative estimate of drug-likeness (QED) is 0.574. The number of rotatable bonds is 4. The highest BCUT2D eigenvalue weighted by atomic mass is 35.5. The van der Waals surface area contributed by atoms with Gasteiger partial charge in [0.1, 0.15) is 5.56 Å². The summed E-state index contributed by atoms with van der Waals surface area (Å²) in [4.78, 5) is 20.8. The molecule has 0 bridgehead atoms. The minimum absolute atomic E-state index is 0.00452. The summed E-state index contributed by atoms with van der Waals surface area (Å²) in [6, 6.07) is 6.29. The molecule has 1 N–H and O–H groups in total. The van der Waals surface area contributed by atoms with Crippen LogP contribution in [0.25, 0.3) is 11.0 Å². The number of hydrogen-bond donors (Lipinski definition) is 1. The minimum Gasteiger partial charge on any atom is -0.462 e. The topological polar surface area (TPSA) is 64.1 Å². The molecule has 0 fully saturated rings. The lowest BCUT2D eigenvalue weighted by molar-refractivity contribution is -0.137. The number of fused-ring (bicyclic) bond motifs is 1. The van der Waals surface area contributed by atoms with Gasteiger partial charge in [0, 0.05) is 17.3 Å². The number of benzene rings is 1. The van der Waals surface area contributed by atoms with Gasteiger partial charge in [0.25, 0.3) is 0 Å². The van der Waals surface area contributed by atoms with Crippen LogP contribution in [0, 0.1) is 6.92 Å². The van der Waals surface area contributed by atoms with E-state index in [1.54, 1.807) is 26.0 Å². The Morgan fingerprint density at radius 2 is 2.00 bits per heavy atom. The fraction of sp³-hybridized carbons (Fsp3) is 0.211. The molecular weight excluding hydrogens is 395 g/mol. The van der Waals surface area contributed by atoms with Gasteiger partial charge in [0.2, 0.25) is 0 Å². The first kappa shape index (κ1) is 19.9. The van der Waals surface area contributed by atoms with Crippen molar-refractivity contribution < 1.29 is 22.7 Å². The van der Waals surface area contributed by atoms with Crippen molar-refractivity contribution in [3.63, 3.8) is 0 Å². The van der Waals surface area contributed by atoms with Gasteiger partial charge in [0.15, 0.2) is 5.65 Å². The van der Waals surface area contributed by atoms with Crippen molar-refractivity contribution in [1.82, 2.24) is 9.97 Å². The van der Waals surface area contributed by atoms with E-state index < -0.39 is 17.7 Å². The van der Waals surface area contributed by atoms with E-state index >= 15 is 0 Å². The van der Waals surface area contributed by atoms with Crippen molar-refractivity contribution >= 4 is 40.0 Å². The maximum Gasteiger partial charge on any atom is 0.416 e. The third-order valence-corrected chi connectivity index (χ3v) is 4.25. The highest BCUT2D eigenvalue weighted by Gasteiger charge is 2.31. The van der Waals surface area contributed by atoms with E-state index in [0.29, 0.717) is 16.7 Å². The number of carbonyl (C=O) groups is 1. The average Bonchev–Trinajstić information content (AvgIpc) is 2.62. The van der Waals surface area contributed by atoms with Crippen molar-refractivity contribution in [1.29, 1.82) is 0 Å². The summed E-state index contributed by atoms with van der Waals surface area (Å²) in [7, 11) is 0. The largest absolute Gasteiger partial charge is 0.462 e. The molecule has 3 aromatic rings. The molecule has 28 heavy (non-hydrogen) atoms. The van der Waals surface area contributed by atoms with E-state index in [2.05, 4.69) is 15.3 Å². The van der Waals surface area contributed by atoms with Crippen LogP contribution in [0.5, 0.6) is 0 Å². The van der Waals surface area contributed by atoms with Crippen LogP contribution < -0.4 is 5.32 Å². The molecule has 1 aromatic carbocycles. The number of halogens is 4. The van der Waals surface area contributed by atoms with Crippen LogP contribution >= 0.6 is 11.6 Å². The Kier molecular flexibility index (Phi) is 5.42. The number of aromatic nitrogens is 2. The molecule has 0 spiro atoms. The standard InChI is InChI=1S/C19H15ClF3N3O2/c1-3-28-18(27)13-9-24-17-12(6-4-10(2)25-17)16(13)26-15-8-11(19(21,22)23)5-7-14(15)20/h4-9H,3H2,1-2H3,(H,24,25,26). The van der Waals surface area contributed by atoms with Crippen molar-refractivity contribution in [2.45, 2.75) is 20.0 Å². The molecule has 2 heterocycles. The first-order chi connectivity index (χ1) is 13.2. The number of nitrogens with zero attached hydrogens (tertiary/aromatic N) is 2. The lowest BCUT2D eigenvalue weighted by atomic mass is 10.1. The lowest BCUT2D eigenvalue weighted by Crippen LogP contribution is -2.10. The molecule has 0 aliphatic carbocycles. The monoisotopic (exact) mass is 409 g/mol. The fourth-order valence-corrected chi connectivity index (χ4v) is 2.77. The van der Waals surface area contributed by atoms with E-state index in [0.717, 1.165) is 18.2 Å². The summed E-state index contributed by atoms with van der Waals surface area (Å²) in [6.45, 7) is 3.55. The molecule has 0 radical (unpaired) electrons. The number of nitrogens with one attached hydrogen (secondary N) is 1. The molecule has 0 atom stereocenters. The predicted octanol–water partition coefficient (Wildman–Crippen LogP) is 5.53. The van der Waals surface area contributed by atoms with Gasteiger partial charge in [-0.3, -0.25) is 0 Å². The van der Waals surface area contributed by atoms with Gasteiger partial charge in [-0.25, -0.2) is 14.8 Å². The second-order valence-electron chi connectivity index (χ2n) is 5.91. The second-order valence-corrected chi connectivity index (χ2v) is 6.32. The number of aryl methyl sites for hydroxylation is 1. The molecule has 0 saturated carbocycles. The Bertz CT molecular complexity index is 1050. The van der Waals surface area contributed by atoms with Gasteiger partial charge in [0.05, 0.1) is 28.6 Å². The molecule has 0 unspecified atom stereocenters. The highest BCUT2D eigenvalue weighted by molar-refractivity contribution is 6.33. The lowest BCUT2D eigenvalue weighted by Gasteiger charge is -2.16. The number of esters is 1. The van der Waals surface area contributed by atoms with Gasteiger partial charge >= 0.3 is 12.1 Å². The van der Waals surface area contributed by atoms with Crippen LogP contribution in [0.2, 0.25) is 5.02 Å². The molecule has 146 valence electrons. The van der Waals surface area contributed by atoms with E-state index in [1.807, 2.05) is 0 Å². The van der Waals surface area contributed by atoms with Crippen LogP contribution in [0.1, 0.15) is 28.5 Å². The second kappa shape index (κ2) is 7.63. The average molecular weight is 410 g/mol. The molecule has 5 nitrogen and oxygen atoms in total. The molecule has 9 heteroatoms. The van der Waals surface area contributed by atoms with Crippen LogP contribution in [-0.4, -0.2) is 22.5 Å². The predicted molar refractivity (Wildman–Crippen MR) is 100.0 cm³/mol. The van der Waals surface area contributed by atoms with Crippen molar-refractivity contribution in [3.8, 4) is 0 Å². The summed E-state index contributed by atoms with van der Waals surface area (Å²) in [6.07, 6.45) is -3.26. The highest BCUT2D eigenvalue weighted by Crippen LogP contribution is 2.37. The third-order valence-electron chi connectivity index (χ3n) is 3.92. The Morgan fingerprint density at radius 3 is 2.68 bits per heavy atom. The summed E-state index contributed by atoms with van der Waals surface area (Å²) in [5.41, 5.74) is 0.441. The maximum atomic E-state index is 13.1. The van der Waals surface area contributed by atoms with Crippen LogP contribution in [0.15, 0.2) is 36.5 Å². The minimum atomic E-state index is -4.54. The molecular formula is C19H15ClF3N3O2.